The van der Waals surface area contributed by atoms with Gasteiger partial charge < -0.3 is 4.74 Å². The highest BCUT2D eigenvalue weighted by atomic mass is 32.2. The van der Waals surface area contributed by atoms with Crippen LogP contribution in [-0.4, -0.2) is 32.4 Å². The molecule has 0 unspecified atom stereocenters. The van der Waals surface area contributed by atoms with Crippen molar-refractivity contribution in [2.24, 2.45) is 0 Å². The van der Waals surface area contributed by atoms with Gasteiger partial charge in [0.25, 0.3) is 0 Å². The Morgan fingerprint density at radius 1 is 0.957 bits per heavy atom. The molecule has 1 aliphatic heterocycles. The summed E-state index contributed by atoms with van der Waals surface area (Å²) in [5.74, 6) is 0.808. The summed E-state index contributed by atoms with van der Waals surface area (Å²) >= 11 is 0. The summed E-state index contributed by atoms with van der Waals surface area (Å²) in [6, 6.07) is 11.1. The Balaban J connectivity index is 1.94. The van der Waals surface area contributed by atoms with Crippen molar-refractivity contribution < 1.29 is 13.2 Å². The summed E-state index contributed by atoms with van der Waals surface area (Å²) in [5.41, 5.74) is 0. The van der Waals surface area contributed by atoms with Gasteiger partial charge in [-0.2, -0.15) is 4.31 Å². The van der Waals surface area contributed by atoms with E-state index in [9.17, 15) is 8.42 Å². The molecule has 1 fully saturated rings. The number of ether oxygens (including phenoxy) is 1. The Hall–Kier alpha value is -1.59. The van der Waals surface area contributed by atoms with Gasteiger partial charge in [0.1, 0.15) is 5.75 Å². The molecule has 3 rings (SSSR count). The van der Waals surface area contributed by atoms with Gasteiger partial charge in [-0.05, 0) is 54.8 Å². The van der Waals surface area contributed by atoms with E-state index < -0.39 is 10.0 Å². The average molecular weight is 333 g/mol. The van der Waals surface area contributed by atoms with Crippen LogP contribution >= 0.6 is 0 Å². The Labute approximate surface area is 138 Å². The van der Waals surface area contributed by atoms with Gasteiger partial charge in [-0.1, -0.05) is 25.0 Å². The third-order valence-corrected chi connectivity index (χ3v) is 6.19. The Morgan fingerprint density at radius 3 is 2.30 bits per heavy atom. The lowest BCUT2D eigenvalue weighted by Crippen LogP contribution is -2.31. The molecule has 0 spiro atoms. The maximum Gasteiger partial charge on any atom is 0.243 e. The van der Waals surface area contributed by atoms with Crippen LogP contribution in [0, 0.1) is 0 Å². The van der Waals surface area contributed by atoms with Crippen LogP contribution in [0.25, 0.3) is 10.8 Å². The van der Waals surface area contributed by atoms with Crippen molar-refractivity contribution in [2.45, 2.75) is 37.5 Å². The predicted molar refractivity (Wildman–Crippen MR) is 92.3 cm³/mol. The second kappa shape index (κ2) is 6.89. The largest absolute Gasteiger partial charge is 0.494 e. The first kappa shape index (κ1) is 16.3. The summed E-state index contributed by atoms with van der Waals surface area (Å²) in [5, 5.41) is 1.91. The zero-order valence-corrected chi connectivity index (χ0v) is 14.3. The molecule has 124 valence electrons. The minimum Gasteiger partial charge on any atom is -0.494 e. The van der Waals surface area contributed by atoms with Gasteiger partial charge >= 0.3 is 0 Å². The number of nitrogens with zero attached hydrogens (tertiary/aromatic N) is 1. The van der Waals surface area contributed by atoms with E-state index in [1.54, 1.807) is 16.4 Å². The smallest absolute Gasteiger partial charge is 0.243 e. The van der Waals surface area contributed by atoms with Crippen LogP contribution in [0.3, 0.4) is 0 Å². The van der Waals surface area contributed by atoms with Gasteiger partial charge in [0.2, 0.25) is 10.0 Å². The molecule has 1 aliphatic rings. The molecule has 0 aliphatic carbocycles. The summed E-state index contributed by atoms with van der Waals surface area (Å²) < 4.78 is 32.8. The van der Waals surface area contributed by atoms with Crippen LogP contribution in [0.15, 0.2) is 41.3 Å². The average Bonchev–Trinajstić information content (AvgIpc) is 2.84. The van der Waals surface area contributed by atoms with Crippen molar-refractivity contribution in [3.05, 3.63) is 36.4 Å². The predicted octanol–water partition coefficient (Wildman–Crippen LogP) is 3.80. The summed E-state index contributed by atoms with van der Waals surface area (Å²) in [6.07, 6.45) is 4.13. The van der Waals surface area contributed by atoms with Crippen molar-refractivity contribution in [1.82, 2.24) is 4.31 Å². The second-order valence-electron chi connectivity index (χ2n) is 5.92. The number of benzene rings is 2. The fraction of sp³-hybridized carbons (Fsp3) is 0.444. The Kier molecular flexibility index (Phi) is 4.87. The maximum absolute atomic E-state index is 12.9. The van der Waals surface area contributed by atoms with Crippen molar-refractivity contribution in [3.63, 3.8) is 0 Å². The minimum atomic E-state index is -3.40. The standard InChI is InChI=1S/C18H23NO3S/c1-2-22-17-9-7-16-14-18(10-8-15(16)13-17)23(20,21)19-11-5-3-4-6-12-19/h7-10,13-14H,2-6,11-12H2,1H3. The van der Waals surface area contributed by atoms with Crippen molar-refractivity contribution in [1.29, 1.82) is 0 Å². The fourth-order valence-corrected chi connectivity index (χ4v) is 4.60. The van der Waals surface area contributed by atoms with E-state index in [1.807, 2.05) is 31.2 Å². The van der Waals surface area contributed by atoms with E-state index in [4.69, 9.17) is 4.74 Å². The first-order chi connectivity index (χ1) is 11.1. The topological polar surface area (TPSA) is 46.6 Å². The number of hydrogen-bond donors (Lipinski definition) is 0. The third kappa shape index (κ3) is 3.51. The van der Waals surface area contributed by atoms with Crippen LogP contribution in [-0.2, 0) is 10.0 Å². The zero-order valence-electron chi connectivity index (χ0n) is 13.5. The Bertz CT molecular complexity index is 778. The molecule has 4 nitrogen and oxygen atoms in total. The molecule has 0 bridgehead atoms. The van der Waals surface area contributed by atoms with E-state index in [-0.39, 0.29) is 0 Å². The van der Waals surface area contributed by atoms with E-state index in [1.165, 1.54) is 0 Å². The van der Waals surface area contributed by atoms with Gasteiger partial charge in [0.15, 0.2) is 0 Å². The molecule has 2 aromatic carbocycles. The number of rotatable bonds is 4. The van der Waals surface area contributed by atoms with Crippen LogP contribution in [0.5, 0.6) is 5.75 Å². The molecule has 0 atom stereocenters. The third-order valence-electron chi connectivity index (χ3n) is 4.30. The highest BCUT2D eigenvalue weighted by Gasteiger charge is 2.25. The molecule has 1 saturated heterocycles. The van der Waals surface area contributed by atoms with Gasteiger partial charge in [-0.3, -0.25) is 0 Å². The molecular formula is C18H23NO3S. The van der Waals surface area contributed by atoms with Crippen LogP contribution in [0.2, 0.25) is 0 Å². The lowest BCUT2D eigenvalue weighted by molar-refractivity contribution is 0.341. The van der Waals surface area contributed by atoms with Gasteiger partial charge in [0, 0.05) is 13.1 Å². The molecular weight excluding hydrogens is 310 g/mol. The lowest BCUT2D eigenvalue weighted by Gasteiger charge is -2.20. The second-order valence-corrected chi connectivity index (χ2v) is 7.86. The quantitative estimate of drug-likeness (QED) is 0.855. The highest BCUT2D eigenvalue weighted by Crippen LogP contribution is 2.26. The van der Waals surface area contributed by atoms with E-state index in [2.05, 4.69) is 0 Å². The van der Waals surface area contributed by atoms with Crippen LogP contribution < -0.4 is 4.74 Å². The summed E-state index contributed by atoms with van der Waals surface area (Å²) in [4.78, 5) is 0.385. The number of hydrogen-bond acceptors (Lipinski definition) is 3. The van der Waals surface area contributed by atoms with Crippen LogP contribution in [0.4, 0.5) is 0 Å². The molecule has 0 N–H and O–H groups in total. The van der Waals surface area contributed by atoms with Crippen molar-refractivity contribution in [3.8, 4) is 5.75 Å². The van der Waals surface area contributed by atoms with Gasteiger partial charge in [-0.15, -0.1) is 0 Å². The van der Waals surface area contributed by atoms with E-state index in [0.29, 0.717) is 24.6 Å². The highest BCUT2D eigenvalue weighted by molar-refractivity contribution is 7.89. The molecule has 0 radical (unpaired) electrons. The minimum absolute atomic E-state index is 0.385. The molecule has 0 saturated carbocycles. The molecule has 1 heterocycles. The first-order valence-electron chi connectivity index (χ1n) is 8.28. The molecule has 23 heavy (non-hydrogen) atoms. The van der Waals surface area contributed by atoms with E-state index in [0.717, 1.165) is 42.2 Å². The molecule has 2 aromatic rings. The first-order valence-corrected chi connectivity index (χ1v) is 9.72. The molecule has 0 amide bonds. The molecule has 0 aromatic heterocycles. The summed E-state index contributed by atoms with van der Waals surface area (Å²) in [6.45, 7) is 3.82. The monoisotopic (exact) mass is 333 g/mol. The zero-order chi connectivity index (χ0) is 16.3. The fourth-order valence-electron chi connectivity index (χ4n) is 3.05. The maximum atomic E-state index is 12.9. The van der Waals surface area contributed by atoms with Crippen molar-refractivity contribution >= 4 is 20.8 Å². The van der Waals surface area contributed by atoms with Crippen molar-refractivity contribution in [2.75, 3.05) is 19.7 Å². The summed E-state index contributed by atoms with van der Waals surface area (Å²) in [7, 11) is -3.40. The lowest BCUT2D eigenvalue weighted by atomic mass is 10.1. The normalized spacial score (nSPS) is 17.1. The van der Waals surface area contributed by atoms with E-state index >= 15 is 0 Å². The Morgan fingerprint density at radius 2 is 1.61 bits per heavy atom. The van der Waals surface area contributed by atoms with Gasteiger partial charge in [0.05, 0.1) is 11.5 Å². The number of fused-ring (bicyclic) bond motifs is 1. The van der Waals surface area contributed by atoms with Crippen LogP contribution in [0.1, 0.15) is 32.6 Å². The van der Waals surface area contributed by atoms with Gasteiger partial charge in [-0.25, -0.2) is 8.42 Å². The molecule has 5 heteroatoms. The number of sulfonamides is 1. The SMILES string of the molecule is CCOc1ccc2cc(S(=O)(=O)N3CCCCCC3)ccc2c1.